The fraction of sp³-hybridized carbons (Fsp3) is 0.222. The van der Waals surface area contributed by atoms with Gasteiger partial charge in [-0.3, -0.25) is 9.10 Å². The number of ether oxygens (including phenoxy) is 1. The van der Waals surface area contributed by atoms with E-state index in [1.54, 1.807) is 19.1 Å². The molecule has 0 aliphatic heterocycles. The zero-order valence-corrected chi connectivity index (χ0v) is 17.4. The lowest BCUT2D eigenvalue weighted by atomic mass is 10.2. The summed E-state index contributed by atoms with van der Waals surface area (Å²) in [6.45, 7) is 1.31. The first-order valence-electron chi connectivity index (χ1n) is 8.11. The van der Waals surface area contributed by atoms with Crippen LogP contribution in [0.25, 0.3) is 0 Å². The van der Waals surface area contributed by atoms with Crippen LogP contribution in [-0.4, -0.2) is 39.7 Å². The minimum absolute atomic E-state index is 0.147. The first kappa shape index (κ1) is 22.0. The summed E-state index contributed by atoms with van der Waals surface area (Å²) >= 11 is 11.9. The van der Waals surface area contributed by atoms with Gasteiger partial charge in [-0.2, -0.15) is 0 Å². The van der Waals surface area contributed by atoms with Gasteiger partial charge in [0.15, 0.2) is 0 Å². The Morgan fingerprint density at radius 2 is 1.71 bits per heavy atom. The third kappa shape index (κ3) is 5.85. The van der Waals surface area contributed by atoms with Crippen molar-refractivity contribution in [2.24, 2.45) is 0 Å². The molecule has 1 N–H and O–H groups in total. The van der Waals surface area contributed by atoms with Crippen LogP contribution in [0.2, 0.25) is 10.0 Å². The van der Waals surface area contributed by atoms with Crippen molar-refractivity contribution in [3.05, 3.63) is 58.1 Å². The van der Waals surface area contributed by atoms with Gasteiger partial charge in [0.05, 0.1) is 29.8 Å². The fourth-order valence-corrected chi connectivity index (χ4v) is 3.74. The standard InChI is InChI=1S/C18H18Cl2N2O5S/c1-3-27-18(24)15-6-4-5-7-16(15)21-17(23)11-22(28(2,25)26)14-9-12(19)8-13(20)10-14/h4-10H,3,11H2,1-2H3,(H,21,23). The van der Waals surface area contributed by atoms with Crippen LogP contribution < -0.4 is 9.62 Å². The van der Waals surface area contributed by atoms with Crippen molar-refractivity contribution in [2.45, 2.75) is 6.92 Å². The number of hydrogen-bond acceptors (Lipinski definition) is 5. The molecule has 0 saturated heterocycles. The van der Waals surface area contributed by atoms with E-state index in [1.165, 1.54) is 30.3 Å². The molecule has 1 amide bonds. The quantitative estimate of drug-likeness (QED) is 0.658. The predicted molar refractivity (Wildman–Crippen MR) is 110 cm³/mol. The second-order valence-corrected chi connectivity index (χ2v) is 8.49. The highest BCUT2D eigenvalue weighted by molar-refractivity contribution is 7.92. The number of nitrogens with zero attached hydrogens (tertiary/aromatic N) is 1. The minimum atomic E-state index is -3.81. The third-order valence-electron chi connectivity index (χ3n) is 3.52. The molecule has 0 aliphatic carbocycles. The van der Waals surface area contributed by atoms with Crippen molar-refractivity contribution in [1.29, 1.82) is 0 Å². The van der Waals surface area contributed by atoms with Gasteiger partial charge in [-0.05, 0) is 37.3 Å². The molecule has 7 nitrogen and oxygen atoms in total. The number of rotatable bonds is 7. The van der Waals surface area contributed by atoms with Crippen molar-refractivity contribution in [2.75, 3.05) is 29.0 Å². The SMILES string of the molecule is CCOC(=O)c1ccccc1NC(=O)CN(c1cc(Cl)cc(Cl)c1)S(C)(=O)=O. The first-order valence-corrected chi connectivity index (χ1v) is 10.7. The maximum atomic E-state index is 12.5. The van der Waals surface area contributed by atoms with E-state index in [1.807, 2.05) is 0 Å². The van der Waals surface area contributed by atoms with Gasteiger partial charge in [0.2, 0.25) is 15.9 Å². The van der Waals surface area contributed by atoms with Crippen molar-refractivity contribution in [3.8, 4) is 0 Å². The van der Waals surface area contributed by atoms with Crippen LogP contribution in [0.4, 0.5) is 11.4 Å². The van der Waals surface area contributed by atoms with Crippen LogP contribution in [0.15, 0.2) is 42.5 Å². The van der Waals surface area contributed by atoms with Crippen LogP contribution in [-0.2, 0) is 19.6 Å². The van der Waals surface area contributed by atoms with Gasteiger partial charge in [-0.1, -0.05) is 35.3 Å². The van der Waals surface area contributed by atoms with Gasteiger partial charge < -0.3 is 10.1 Å². The lowest BCUT2D eigenvalue weighted by Crippen LogP contribution is -2.37. The molecule has 0 heterocycles. The Kier molecular flexibility index (Phi) is 7.29. The van der Waals surface area contributed by atoms with Crippen molar-refractivity contribution >= 4 is 56.5 Å². The summed E-state index contributed by atoms with van der Waals surface area (Å²) in [7, 11) is -3.81. The smallest absolute Gasteiger partial charge is 0.340 e. The Hall–Kier alpha value is -2.29. The molecule has 0 unspecified atom stereocenters. The molecule has 10 heteroatoms. The van der Waals surface area contributed by atoms with Crippen molar-refractivity contribution in [1.82, 2.24) is 0 Å². The van der Waals surface area contributed by atoms with Gasteiger partial charge in [-0.15, -0.1) is 0 Å². The summed E-state index contributed by atoms with van der Waals surface area (Å²) in [4.78, 5) is 24.5. The van der Waals surface area contributed by atoms with E-state index in [0.29, 0.717) is 0 Å². The van der Waals surface area contributed by atoms with Crippen LogP contribution in [0.5, 0.6) is 0 Å². The molecular formula is C18H18Cl2N2O5S. The molecule has 0 fully saturated rings. The molecule has 0 bridgehead atoms. The lowest BCUT2D eigenvalue weighted by molar-refractivity contribution is -0.114. The van der Waals surface area contributed by atoms with E-state index in [4.69, 9.17) is 27.9 Å². The Balaban J connectivity index is 2.28. The lowest BCUT2D eigenvalue weighted by Gasteiger charge is -2.22. The second-order valence-electron chi connectivity index (χ2n) is 5.71. The highest BCUT2D eigenvalue weighted by Crippen LogP contribution is 2.27. The van der Waals surface area contributed by atoms with Crippen molar-refractivity contribution < 1.29 is 22.7 Å². The molecule has 0 radical (unpaired) electrons. The number of nitrogens with one attached hydrogen (secondary N) is 1. The van der Waals surface area contributed by atoms with Gasteiger partial charge in [0.25, 0.3) is 0 Å². The van der Waals surface area contributed by atoms with Gasteiger partial charge in [-0.25, -0.2) is 13.2 Å². The molecule has 0 saturated carbocycles. The first-order chi connectivity index (χ1) is 13.1. The molecule has 0 atom stereocenters. The Morgan fingerprint density at radius 3 is 2.29 bits per heavy atom. The summed E-state index contributed by atoms with van der Waals surface area (Å²) in [5.41, 5.74) is 0.520. The number of benzene rings is 2. The number of esters is 1. The zero-order chi connectivity index (χ0) is 20.9. The molecular weight excluding hydrogens is 427 g/mol. The predicted octanol–water partition coefficient (Wildman–Crippen LogP) is 3.57. The number of carbonyl (C=O) groups excluding carboxylic acids is 2. The third-order valence-corrected chi connectivity index (χ3v) is 5.10. The van der Waals surface area contributed by atoms with E-state index in [9.17, 15) is 18.0 Å². The summed E-state index contributed by atoms with van der Waals surface area (Å²) in [5, 5.41) is 2.99. The zero-order valence-electron chi connectivity index (χ0n) is 15.1. The average molecular weight is 445 g/mol. The Morgan fingerprint density at radius 1 is 1.11 bits per heavy atom. The molecule has 0 aliphatic rings. The van der Waals surface area contributed by atoms with Crippen LogP contribution >= 0.6 is 23.2 Å². The number of carbonyl (C=O) groups is 2. The van der Waals surface area contributed by atoms with Crippen LogP contribution in [0, 0.1) is 0 Å². The van der Waals surface area contributed by atoms with E-state index >= 15 is 0 Å². The minimum Gasteiger partial charge on any atom is -0.462 e. The summed E-state index contributed by atoms with van der Waals surface area (Å²) in [5.74, 6) is -1.25. The molecule has 2 rings (SSSR count). The van der Waals surface area contributed by atoms with Gasteiger partial charge >= 0.3 is 5.97 Å². The maximum Gasteiger partial charge on any atom is 0.340 e. The second kappa shape index (κ2) is 9.27. The number of sulfonamides is 1. The molecule has 2 aromatic rings. The average Bonchev–Trinajstić information content (AvgIpc) is 2.58. The monoisotopic (exact) mass is 444 g/mol. The number of halogens is 2. The summed E-state index contributed by atoms with van der Waals surface area (Å²) < 4.78 is 30.2. The summed E-state index contributed by atoms with van der Waals surface area (Å²) in [6, 6.07) is 10.5. The number of anilines is 2. The van der Waals surface area contributed by atoms with E-state index in [0.717, 1.165) is 10.6 Å². The molecule has 0 aromatic heterocycles. The molecule has 0 spiro atoms. The Labute approximate surface area is 173 Å². The van der Waals surface area contributed by atoms with Crippen LogP contribution in [0.3, 0.4) is 0 Å². The number of para-hydroxylation sites is 1. The highest BCUT2D eigenvalue weighted by atomic mass is 35.5. The topological polar surface area (TPSA) is 92.8 Å². The van der Waals surface area contributed by atoms with Gasteiger partial charge in [0, 0.05) is 10.0 Å². The number of amides is 1. The van der Waals surface area contributed by atoms with Crippen LogP contribution in [0.1, 0.15) is 17.3 Å². The summed E-state index contributed by atoms with van der Waals surface area (Å²) in [6.07, 6.45) is 0.960. The normalized spacial score (nSPS) is 11.0. The highest BCUT2D eigenvalue weighted by Gasteiger charge is 2.23. The molecule has 150 valence electrons. The van der Waals surface area contributed by atoms with E-state index in [-0.39, 0.29) is 33.6 Å². The molecule has 28 heavy (non-hydrogen) atoms. The maximum absolute atomic E-state index is 12.5. The van der Waals surface area contributed by atoms with E-state index in [2.05, 4.69) is 5.32 Å². The Bertz CT molecular complexity index is 975. The van der Waals surface area contributed by atoms with Gasteiger partial charge in [0.1, 0.15) is 6.54 Å². The van der Waals surface area contributed by atoms with Crippen molar-refractivity contribution in [3.63, 3.8) is 0 Å². The molecule has 2 aromatic carbocycles. The fourth-order valence-electron chi connectivity index (χ4n) is 2.38. The largest absolute Gasteiger partial charge is 0.462 e. The number of hydrogen-bond donors (Lipinski definition) is 1. The van der Waals surface area contributed by atoms with E-state index < -0.39 is 28.4 Å².